The monoisotopic (exact) mass is 308 g/mol. The van der Waals surface area contributed by atoms with E-state index in [9.17, 15) is 0 Å². The van der Waals surface area contributed by atoms with Crippen molar-refractivity contribution in [1.29, 1.82) is 0 Å². The molecule has 0 aromatic carbocycles. The van der Waals surface area contributed by atoms with Crippen LogP contribution in [0.2, 0.25) is 0 Å². The lowest BCUT2D eigenvalue weighted by atomic mass is 10.3. The number of nitrogens with zero attached hydrogens (tertiary/aromatic N) is 4. The van der Waals surface area contributed by atoms with Crippen molar-refractivity contribution in [2.45, 2.75) is 38.6 Å². The molecule has 0 unspecified atom stereocenters. The van der Waals surface area contributed by atoms with Crippen molar-refractivity contribution in [3.8, 4) is 0 Å². The van der Waals surface area contributed by atoms with Crippen LogP contribution >= 0.6 is 15.9 Å². The number of anilines is 1. The first-order valence-corrected chi connectivity index (χ1v) is 7.34. The first kappa shape index (κ1) is 12.0. The van der Waals surface area contributed by atoms with Crippen molar-refractivity contribution in [2.24, 2.45) is 0 Å². The van der Waals surface area contributed by atoms with Crippen LogP contribution < -0.4 is 4.90 Å². The van der Waals surface area contributed by atoms with Gasteiger partial charge in [-0.05, 0) is 35.2 Å². The Labute approximate surface area is 115 Å². The van der Waals surface area contributed by atoms with Crippen LogP contribution in [-0.2, 0) is 0 Å². The molecule has 96 valence electrons. The number of halogens is 1. The summed E-state index contributed by atoms with van der Waals surface area (Å²) in [5, 5.41) is 0. The van der Waals surface area contributed by atoms with E-state index in [2.05, 4.69) is 37.7 Å². The second-order valence-electron chi connectivity index (χ2n) is 4.82. The quantitative estimate of drug-likeness (QED) is 0.850. The molecule has 2 heterocycles. The predicted molar refractivity (Wildman–Crippen MR) is 76.0 cm³/mol. The molecule has 18 heavy (non-hydrogen) atoms. The number of imidazole rings is 1. The minimum absolute atomic E-state index is 0.666. The smallest absolute Gasteiger partial charge is 0.180 e. The van der Waals surface area contributed by atoms with Crippen LogP contribution in [-0.4, -0.2) is 27.0 Å². The highest BCUT2D eigenvalue weighted by Crippen LogP contribution is 2.33. The van der Waals surface area contributed by atoms with Crippen LogP contribution in [0, 0.1) is 0 Å². The summed E-state index contributed by atoms with van der Waals surface area (Å²) < 4.78 is 2.90. The second kappa shape index (κ2) is 4.88. The zero-order valence-electron chi connectivity index (χ0n) is 10.5. The maximum Gasteiger partial charge on any atom is 0.180 e. The molecule has 0 spiro atoms. The van der Waals surface area contributed by atoms with E-state index in [0.717, 1.165) is 22.6 Å². The van der Waals surface area contributed by atoms with E-state index < -0.39 is 0 Å². The number of hydrogen-bond acceptors (Lipinski definition) is 3. The Balaban J connectivity index is 2.01. The molecule has 2 aromatic rings. The third kappa shape index (κ3) is 2.23. The van der Waals surface area contributed by atoms with Crippen LogP contribution in [0.4, 0.5) is 5.82 Å². The molecule has 1 fully saturated rings. The number of hydrogen-bond donors (Lipinski definition) is 0. The van der Waals surface area contributed by atoms with Crippen molar-refractivity contribution < 1.29 is 0 Å². The molecule has 4 nitrogen and oxygen atoms in total. The van der Waals surface area contributed by atoms with Gasteiger partial charge < -0.3 is 9.30 Å². The molecule has 1 saturated carbocycles. The molecule has 1 aliphatic carbocycles. The van der Waals surface area contributed by atoms with E-state index >= 15 is 0 Å². The zero-order chi connectivity index (χ0) is 12.5. The van der Waals surface area contributed by atoms with Gasteiger partial charge in [-0.2, -0.15) is 0 Å². The van der Waals surface area contributed by atoms with Crippen molar-refractivity contribution in [3.63, 3.8) is 0 Å². The Morgan fingerprint density at radius 3 is 3.06 bits per heavy atom. The number of fused-ring (bicyclic) bond motifs is 1. The van der Waals surface area contributed by atoms with E-state index in [-0.39, 0.29) is 0 Å². The Morgan fingerprint density at radius 1 is 1.50 bits per heavy atom. The van der Waals surface area contributed by atoms with E-state index in [1.54, 1.807) is 0 Å². The molecular formula is C13H17BrN4. The zero-order valence-corrected chi connectivity index (χ0v) is 12.1. The average Bonchev–Trinajstić information content (AvgIpc) is 3.08. The molecule has 0 bridgehead atoms. The lowest BCUT2D eigenvalue weighted by Crippen LogP contribution is -2.28. The van der Waals surface area contributed by atoms with Gasteiger partial charge in [0.1, 0.15) is 4.60 Å². The summed E-state index contributed by atoms with van der Waals surface area (Å²) in [4.78, 5) is 11.5. The minimum Gasteiger partial charge on any atom is -0.351 e. The van der Waals surface area contributed by atoms with Crippen molar-refractivity contribution in [1.82, 2.24) is 14.4 Å². The summed E-state index contributed by atoms with van der Waals surface area (Å²) in [7, 11) is 0. The van der Waals surface area contributed by atoms with Gasteiger partial charge in [-0.15, -0.1) is 0 Å². The van der Waals surface area contributed by atoms with Gasteiger partial charge in [0.2, 0.25) is 0 Å². The average molecular weight is 309 g/mol. The van der Waals surface area contributed by atoms with Gasteiger partial charge in [-0.25, -0.2) is 9.97 Å². The molecule has 0 amide bonds. The van der Waals surface area contributed by atoms with E-state index in [1.807, 2.05) is 23.0 Å². The molecule has 0 N–H and O–H groups in total. The van der Waals surface area contributed by atoms with Gasteiger partial charge in [-0.3, -0.25) is 0 Å². The van der Waals surface area contributed by atoms with Crippen LogP contribution in [0.15, 0.2) is 23.2 Å². The van der Waals surface area contributed by atoms with Crippen molar-refractivity contribution >= 4 is 27.4 Å². The largest absolute Gasteiger partial charge is 0.351 e. The topological polar surface area (TPSA) is 33.4 Å². The molecule has 0 aliphatic heterocycles. The molecule has 2 aromatic heterocycles. The first-order chi connectivity index (χ1) is 8.79. The molecule has 5 heteroatoms. The van der Waals surface area contributed by atoms with Gasteiger partial charge in [0, 0.05) is 31.2 Å². The Bertz CT molecular complexity index is 547. The lowest BCUT2D eigenvalue weighted by Gasteiger charge is -2.23. The van der Waals surface area contributed by atoms with Gasteiger partial charge in [-0.1, -0.05) is 13.3 Å². The summed E-state index contributed by atoms with van der Waals surface area (Å²) in [5.41, 5.74) is 0.959. The molecular weight excluding hydrogens is 292 g/mol. The highest BCUT2D eigenvalue weighted by atomic mass is 79.9. The van der Waals surface area contributed by atoms with E-state index in [1.165, 1.54) is 25.7 Å². The molecule has 0 radical (unpaired) electrons. The normalized spacial score (nSPS) is 15.2. The Kier molecular flexibility index (Phi) is 3.24. The highest BCUT2D eigenvalue weighted by Gasteiger charge is 2.31. The predicted octanol–water partition coefficient (Wildman–Crippen LogP) is 3.26. The summed E-state index contributed by atoms with van der Waals surface area (Å²) in [6.07, 6.45) is 10.7. The van der Waals surface area contributed by atoms with Gasteiger partial charge in [0.25, 0.3) is 0 Å². The lowest BCUT2D eigenvalue weighted by molar-refractivity contribution is 0.703. The highest BCUT2D eigenvalue weighted by molar-refractivity contribution is 9.10. The fourth-order valence-corrected chi connectivity index (χ4v) is 2.64. The van der Waals surface area contributed by atoms with Crippen LogP contribution in [0.3, 0.4) is 0 Å². The van der Waals surface area contributed by atoms with Gasteiger partial charge in [0.05, 0.1) is 0 Å². The van der Waals surface area contributed by atoms with Gasteiger partial charge in [0.15, 0.2) is 11.5 Å². The maximum absolute atomic E-state index is 4.65. The van der Waals surface area contributed by atoms with Crippen molar-refractivity contribution in [3.05, 3.63) is 23.2 Å². The third-order valence-corrected chi connectivity index (χ3v) is 3.72. The molecule has 1 aliphatic rings. The number of unbranched alkanes of at least 4 members (excludes halogenated alkanes) is 1. The van der Waals surface area contributed by atoms with Crippen LogP contribution in [0.1, 0.15) is 32.6 Å². The summed E-state index contributed by atoms with van der Waals surface area (Å²) in [6, 6.07) is 0.666. The first-order valence-electron chi connectivity index (χ1n) is 6.55. The Hall–Kier alpha value is -1.10. The van der Waals surface area contributed by atoms with Crippen LogP contribution in [0.5, 0.6) is 0 Å². The molecule has 0 saturated heterocycles. The number of aromatic nitrogens is 3. The standard InChI is InChI=1S/C13H17BrN4/c1-2-3-7-18(10-4-5-10)13-12-15-6-8-17(12)9-11(14)16-13/h6,8-10H,2-5,7H2,1H3. The minimum atomic E-state index is 0.666. The fourth-order valence-electron chi connectivity index (χ4n) is 2.25. The summed E-state index contributed by atoms with van der Waals surface area (Å²) in [5.74, 6) is 1.02. The van der Waals surface area contributed by atoms with E-state index in [4.69, 9.17) is 0 Å². The van der Waals surface area contributed by atoms with Crippen molar-refractivity contribution in [2.75, 3.05) is 11.4 Å². The summed E-state index contributed by atoms with van der Waals surface area (Å²) in [6.45, 7) is 3.30. The molecule has 3 rings (SSSR count). The Morgan fingerprint density at radius 2 is 2.33 bits per heavy atom. The van der Waals surface area contributed by atoms with Crippen LogP contribution in [0.25, 0.3) is 5.65 Å². The molecule has 0 atom stereocenters. The third-order valence-electron chi connectivity index (χ3n) is 3.34. The second-order valence-corrected chi connectivity index (χ2v) is 5.64. The fraction of sp³-hybridized carbons (Fsp3) is 0.538. The number of rotatable bonds is 5. The van der Waals surface area contributed by atoms with E-state index in [0.29, 0.717) is 6.04 Å². The SMILES string of the molecule is CCCCN(c1nc(Br)cn2ccnc12)C1CC1. The maximum atomic E-state index is 4.65. The van der Waals surface area contributed by atoms with Gasteiger partial charge >= 0.3 is 0 Å². The summed E-state index contributed by atoms with van der Waals surface area (Å²) >= 11 is 3.49.